The monoisotopic (exact) mass is 327 g/mol. The third kappa shape index (κ3) is 3.29. The van der Waals surface area contributed by atoms with Gasteiger partial charge in [-0.3, -0.25) is 10.1 Å². The Kier molecular flexibility index (Phi) is 4.33. The van der Waals surface area contributed by atoms with Gasteiger partial charge in [0.15, 0.2) is 0 Å². The molecule has 2 heterocycles. The molecule has 3 aromatic rings. The maximum Gasteiger partial charge on any atom is 0.322 e. The molecule has 1 amide bonds. The van der Waals surface area contributed by atoms with Gasteiger partial charge in [0.1, 0.15) is 17.3 Å². The van der Waals surface area contributed by atoms with Crippen molar-refractivity contribution >= 4 is 11.9 Å². The normalized spacial score (nSPS) is 10.6. The summed E-state index contributed by atoms with van der Waals surface area (Å²) in [6.45, 7) is 6.02. The van der Waals surface area contributed by atoms with E-state index in [0.717, 1.165) is 11.3 Å². The van der Waals surface area contributed by atoms with Crippen molar-refractivity contribution in [2.24, 2.45) is 0 Å². The maximum atomic E-state index is 12.2. The average molecular weight is 327 g/mol. The number of carbonyl (C=O) groups excluding carboxylic acids is 1. The van der Waals surface area contributed by atoms with Crippen LogP contribution in [0.5, 0.6) is 5.75 Å². The molecule has 0 aliphatic rings. The Morgan fingerprint density at radius 3 is 2.54 bits per heavy atom. The van der Waals surface area contributed by atoms with Crippen LogP contribution in [0.2, 0.25) is 0 Å². The highest BCUT2D eigenvalue weighted by molar-refractivity contribution is 6.03. The predicted octanol–water partition coefficient (Wildman–Crippen LogP) is 3.60. The molecule has 0 aliphatic heterocycles. The Labute approximate surface area is 138 Å². The summed E-state index contributed by atoms with van der Waals surface area (Å²) < 4.78 is 16.2. The number of anilines is 1. The summed E-state index contributed by atoms with van der Waals surface area (Å²) in [5.74, 6) is 1.93. The van der Waals surface area contributed by atoms with Crippen LogP contribution in [0.3, 0.4) is 0 Å². The molecule has 7 heteroatoms. The first kappa shape index (κ1) is 15.8. The van der Waals surface area contributed by atoms with Crippen LogP contribution in [0.4, 0.5) is 6.01 Å². The van der Waals surface area contributed by atoms with Gasteiger partial charge in [0.25, 0.3) is 5.91 Å². The molecular weight excluding hydrogens is 310 g/mol. The van der Waals surface area contributed by atoms with Crippen LogP contribution in [-0.2, 0) is 0 Å². The molecule has 0 radical (unpaired) electrons. The summed E-state index contributed by atoms with van der Waals surface area (Å²) in [7, 11) is 0. The summed E-state index contributed by atoms with van der Waals surface area (Å²) in [6.07, 6.45) is 0. The molecular formula is C17H17N3O4. The Bertz CT molecular complexity index is 849. The van der Waals surface area contributed by atoms with E-state index in [0.29, 0.717) is 29.6 Å². The molecule has 24 heavy (non-hydrogen) atoms. The lowest BCUT2D eigenvalue weighted by Gasteiger charge is -2.02. The fourth-order valence-electron chi connectivity index (χ4n) is 2.27. The summed E-state index contributed by atoms with van der Waals surface area (Å²) >= 11 is 0. The van der Waals surface area contributed by atoms with Gasteiger partial charge in [0.05, 0.1) is 12.2 Å². The second kappa shape index (κ2) is 6.57. The first-order valence-electron chi connectivity index (χ1n) is 7.52. The number of aryl methyl sites for hydroxylation is 2. The number of hydrogen-bond acceptors (Lipinski definition) is 6. The lowest BCUT2D eigenvalue weighted by molar-refractivity contribution is 0.102. The van der Waals surface area contributed by atoms with E-state index in [9.17, 15) is 4.79 Å². The van der Waals surface area contributed by atoms with Gasteiger partial charge in [-0.25, -0.2) is 0 Å². The zero-order valence-corrected chi connectivity index (χ0v) is 13.6. The number of hydrogen-bond donors (Lipinski definition) is 1. The highest BCUT2D eigenvalue weighted by Crippen LogP contribution is 2.23. The van der Waals surface area contributed by atoms with E-state index in [2.05, 4.69) is 15.5 Å². The van der Waals surface area contributed by atoms with Crippen molar-refractivity contribution in [1.29, 1.82) is 0 Å². The number of ether oxygens (including phenoxy) is 1. The summed E-state index contributed by atoms with van der Waals surface area (Å²) in [5.41, 5.74) is 1.18. The zero-order chi connectivity index (χ0) is 17.1. The third-order valence-electron chi connectivity index (χ3n) is 3.34. The lowest BCUT2D eigenvalue weighted by Crippen LogP contribution is -2.12. The smallest absolute Gasteiger partial charge is 0.322 e. The van der Waals surface area contributed by atoms with E-state index < -0.39 is 0 Å². The van der Waals surface area contributed by atoms with E-state index in [-0.39, 0.29) is 11.9 Å². The Morgan fingerprint density at radius 1 is 1.17 bits per heavy atom. The van der Waals surface area contributed by atoms with Crippen LogP contribution in [0.15, 0.2) is 39.2 Å². The van der Waals surface area contributed by atoms with E-state index in [4.69, 9.17) is 13.6 Å². The molecule has 2 aromatic heterocycles. The number of rotatable bonds is 5. The molecule has 0 atom stereocenters. The highest BCUT2D eigenvalue weighted by atomic mass is 16.5. The lowest BCUT2D eigenvalue weighted by atomic mass is 10.2. The van der Waals surface area contributed by atoms with Crippen LogP contribution in [-0.4, -0.2) is 22.7 Å². The second-order valence-electron chi connectivity index (χ2n) is 5.15. The number of carbonyl (C=O) groups is 1. The van der Waals surface area contributed by atoms with Crippen molar-refractivity contribution < 1.29 is 18.4 Å². The minimum absolute atomic E-state index is 0.0298. The van der Waals surface area contributed by atoms with E-state index in [1.165, 1.54) is 0 Å². The third-order valence-corrected chi connectivity index (χ3v) is 3.34. The molecule has 0 bridgehead atoms. The Hall–Kier alpha value is -3.09. The minimum atomic E-state index is -0.355. The van der Waals surface area contributed by atoms with Crippen LogP contribution in [0.1, 0.15) is 28.8 Å². The van der Waals surface area contributed by atoms with Crippen molar-refractivity contribution in [2.45, 2.75) is 20.8 Å². The van der Waals surface area contributed by atoms with Crippen molar-refractivity contribution in [3.8, 4) is 17.2 Å². The molecule has 7 nitrogen and oxygen atoms in total. The highest BCUT2D eigenvalue weighted by Gasteiger charge is 2.17. The molecule has 3 rings (SSSR count). The van der Waals surface area contributed by atoms with Crippen molar-refractivity contribution in [1.82, 2.24) is 10.2 Å². The predicted molar refractivity (Wildman–Crippen MR) is 87.0 cm³/mol. The summed E-state index contributed by atoms with van der Waals surface area (Å²) in [5, 5.41) is 10.4. The molecule has 1 N–H and O–H groups in total. The topological polar surface area (TPSA) is 90.4 Å². The van der Waals surface area contributed by atoms with Crippen molar-refractivity contribution in [2.75, 3.05) is 11.9 Å². The number of benzene rings is 1. The standard InChI is InChI=1S/C17H17N3O4/c1-4-22-13-7-5-12(6-8-13)16-19-20-17(24-16)18-15(21)14-9-10(2)23-11(14)3/h5-9H,4H2,1-3H3,(H,18,20,21). The van der Waals surface area contributed by atoms with Gasteiger partial charge in [0, 0.05) is 5.56 Å². The van der Waals surface area contributed by atoms with Crippen molar-refractivity contribution in [3.63, 3.8) is 0 Å². The summed E-state index contributed by atoms with van der Waals surface area (Å²) in [6, 6.07) is 8.95. The first-order valence-corrected chi connectivity index (χ1v) is 7.52. The number of furan rings is 1. The van der Waals surface area contributed by atoms with Gasteiger partial charge in [0.2, 0.25) is 5.89 Å². The molecule has 0 fully saturated rings. The van der Waals surface area contributed by atoms with Crippen LogP contribution in [0, 0.1) is 13.8 Å². The van der Waals surface area contributed by atoms with E-state index >= 15 is 0 Å². The number of aromatic nitrogens is 2. The molecule has 0 saturated carbocycles. The Morgan fingerprint density at radius 2 is 1.92 bits per heavy atom. The van der Waals surface area contributed by atoms with Gasteiger partial charge in [-0.15, -0.1) is 5.10 Å². The fourth-order valence-corrected chi connectivity index (χ4v) is 2.27. The minimum Gasteiger partial charge on any atom is -0.494 e. The fraction of sp³-hybridized carbons (Fsp3) is 0.235. The average Bonchev–Trinajstić information content (AvgIpc) is 3.15. The van der Waals surface area contributed by atoms with Crippen molar-refractivity contribution in [3.05, 3.63) is 47.4 Å². The molecule has 0 unspecified atom stereocenters. The van der Waals surface area contributed by atoms with E-state index in [1.807, 2.05) is 31.2 Å². The maximum absolute atomic E-state index is 12.2. The number of nitrogens with zero attached hydrogens (tertiary/aromatic N) is 2. The second-order valence-corrected chi connectivity index (χ2v) is 5.15. The zero-order valence-electron chi connectivity index (χ0n) is 13.6. The number of amides is 1. The number of nitrogens with one attached hydrogen (secondary N) is 1. The first-order chi connectivity index (χ1) is 11.6. The van der Waals surface area contributed by atoms with Gasteiger partial charge >= 0.3 is 6.01 Å². The molecule has 0 aliphatic carbocycles. The molecule has 0 spiro atoms. The quantitative estimate of drug-likeness (QED) is 0.770. The molecule has 0 saturated heterocycles. The largest absolute Gasteiger partial charge is 0.494 e. The summed E-state index contributed by atoms with van der Waals surface area (Å²) in [4.78, 5) is 12.2. The van der Waals surface area contributed by atoms with E-state index in [1.54, 1.807) is 19.9 Å². The van der Waals surface area contributed by atoms with Crippen LogP contribution >= 0.6 is 0 Å². The van der Waals surface area contributed by atoms with Crippen LogP contribution < -0.4 is 10.1 Å². The van der Waals surface area contributed by atoms with Gasteiger partial charge in [-0.05, 0) is 51.1 Å². The molecule has 124 valence electrons. The van der Waals surface area contributed by atoms with Gasteiger partial charge in [-0.2, -0.15) is 0 Å². The van der Waals surface area contributed by atoms with Gasteiger partial charge < -0.3 is 13.6 Å². The van der Waals surface area contributed by atoms with Crippen LogP contribution in [0.25, 0.3) is 11.5 Å². The SMILES string of the molecule is CCOc1ccc(-c2nnc(NC(=O)c3cc(C)oc3C)o2)cc1. The van der Waals surface area contributed by atoms with Gasteiger partial charge in [-0.1, -0.05) is 5.10 Å². The Balaban J connectivity index is 1.73. The molecule has 1 aromatic carbocycles.